The smallest absolute Gasteiger partial charge is 0.344 e. The van der Waals surface area contributed by atoms with Crippen molar-refractivity contribution in [2.75, 3.05) is 26.0 Å². The summed E-state index contributed by atoms with van der Waals surface area (Å²) in [4.78, 5) is 11.7. The van der Waals surface area contributed by atoms with Gasteiger partial charge in [-0.1, -0.05) is 11.8 Å². The average Bonchev–Trinajstić information content (AvgIpc) is 2.96. The van der Waals surface area contributed by atoms with Crippen LogP contribution in [0.5, 0.6) is 0 Å². The van der Waals surface area contributed by atoms with Gasteiger partial charge >= 0.3 is 5.69 Å². The predicted octanol–water partition coefficient (Wildman–Crippen LogP) is 0.623. The Kier molecular flexibility index (Phi) is 3.95. The number of hydrogen-bond donors (Lipinski definition) is 2. The molecular formula is C12H20N4O2S. The molecular weight excluding hydrogens is 264 g/mol. The maximum atomic E-state index is 11.7. The monoisotopic (exact) mass is 284 g/mol. The van der Waals surface area contributed by atoms with Gasteiger partial charge in [0.25, 0.3) is 0 Å². The van der Waals surface area contributed by atoms with Crippen LogP contribution in [0.2, 0.25) is 0 Å². The first kappa shape index (κ1) is 13.2. The molecule has 1 aliphatic carbocycles. The number of rotatable bonds is 6. The first-order valence-corrected chi connectivity index (χ1v) is 7.83. The molecule has 2 aliphatic rings. The lowest BCUT2D eigenvalue weighted by Gasteiger charge is -2.21. The second kappa shape index (κ2) is 5.68. The lowest BCUT2D eigenvalue weighted by molar-refractivity contribution is 0.179. The summed E-state index contributed by atoms with van der Waals surface area (Å²) in [6.45, 7) is 1.70. The van der Waals surface area contributed by atoms with E-state index < -0.39 is 0 Å². The topological polar surface area (TPSA) is 71.9 Å². The minimum absolute atomic E-state index is 0.0739. The highest BCUT2D eigenvalue weighted by Crippen LogP contribution is 2.36. The molecule has 2 unspecified atom stereocenters. The van der Waals surface area contributed by atoms with Gasteiger partial charge in [0.05, 0.1) is 6.61 Å². The van der Waals surface area contributed by atoms with Gasteiger partial charge in [-0.15, -0.1) is 5.10 Å². The van der Waals surface area contributed by atoms with Gasteiger partial charge in [0, 0.05) is 30.4 Å². The molecule has 0 amide bonds. The molecule has 0 spiro atoms. The van der Waals surface area contributed by atoms with E-state index in [9.17, 15) is 4.79 Å². The zero-order valence-corrected chi connectivity index (χ0v) is 11.9. The zero-order chi connectivity index (χ0) is 13.2. The van der Waals surface area contributed by atoms with Crippen molar-refractivity contribution in [3.8, 4) is 0 Å². The van der Waals surface area contributed by atoms with Crippen molar-refractivity contribution in [3.63, 3.8) is 0 Å². The maximum absolute atomic E-state index is 11.7. The van der Waals surface area contributed by atoms with Crippen molar-refractivity contribution in [2.45, 2.75) is 36.5 Å². The molecule has 19 heavy (non-hydrogen) atoms. The van der Waals surface area contributed by atoms with Crippen molar-refractivity contribution >= 4 is 11.8 Å². The van der Waals surface area contributed by atoms with Crippen LogP contribution in [-0.4, -0.2) is 46.8 Å². The fourth-order valence-electron chi connectivity index (χ4n) is 2.54. The first-order chi connectivity index (χ1) is 9.29. The Labute approximate surface area is 116 Å². The van der Waals surface area contributed by atoms with Crippen molar-refractivity contribution in [1.82, 2.24) is 20.1 Å². The second-order valence-electron chi connectivity index (χ2n) is 5.24. The van der Waals surface area contributed by atoms with Gasteiger partial charge in [-0.3, -0.25) is 4.57 Å². The standard InChI is InChI=1S/C12H20N4O2S/c1-13-10(8-4-5-18-6-8)7-19-12-15-14-11(17)16(12)9-2-3-9/h8-10,13H,2-7H2,1H3,(H,14,17). The molecule has 2 fully saturated rings. The fourth-order valence-corrected chi connectivity index (χ4v) is 3.79. The molecule has 7 heteroatoms. The maximum Gasteiger partial charge on any atom is 0.344 e. The zero-order valence-electron chi connectivity index (χ0n) is 11.1. The number of ether oxygens (including phenoxy) is 1. The van der Waals surface area contributed by atoms with Crippen molar-refractivity contribution < 1.29 is 4.74 Å². The Morgan fingerprint density at radius 1 is 1.58 bits per heavy atom. The SMILES string of the molecule is CNC(CSc1n[nH]c(=O)n1C1CC1)C1CCOC1. The highest BCUT2D eigenvalue weighted by atomic mass is 32.2. The van der Waals surface area contributed by atoms with Crippen LogP contribution in [0.15, 0.2) is 9.95 Å². The van der Waals surface area contributed by atoms with Crippen LogP contribution in [0.4, 0.5) is 0 Å². The normalized spacial score (nSPS) is 24.8. The molecule has 2 atom stereocenters. The van der Waals surface area contributed by atoms with Crippen LogP contribution in [-0.2, 0) is 4.74 Å². The minimum atomic E-state index is -0.0739. The average molecular weight is 284 g/mol. The molecule has 6 nitrogen and oxygen atoms in total. The Morgan fingerprint density at radius 3 is 3.05 bits per heavy atom. The van der Waals surface area contributed by atoms with E-state index in [1.54, 1.807) is 11.8 Å². The number of aromatic nitrogens is 3. The molecule has 2 heterocycles. The molecule has 106 valence electrons. The highest BCUT2D eigenvalue weighted by Gasteiger charge is 2.30. The molecule has 0 aromatic carbocycles. The molecule has 1 aliphatic heterocycles. The minimum Gasteiger partial charge on any atom is -0.381 e. The van der Waals surface area contributed by atoms with E-state index in [2.05, 4.69) is 15.5 Å². The van der Waals surface area contributed by atoms with E-state index in [4.69, 9.17) is 4.74 Å². The third kappa shape index (κ3) is 2.88. The Hall–Kier alpha value is -0.790. The molecule has 0 bridgehead atoms. The lowest BCUT2D eigenvalue weighted by atomic mass is 10.0. The lowest BCUT2D eigenvalue weighted by Crippen LogP contribution is -2.36. The number of hydrogen-bond acceptors (Lipinski definition) is 5. The molecule has 1 saturated heterocycles. The Balaban J connectivity index is 1.63. The van der Waals surface area contributed by atoms with Crippen molar-refractivity contribution in [2.24, 2.45) is 5.92 Å². The summed E-state index contributed by atoms with van der Waals surface area (Å²) >= 11 is 1.66. The quantitative estimate of drug-likeness (QED) is 0.749. The number of aromatic amines is 1. The van der Waals surface area contributed by atoms with E-state index in [0.29, 0.717) is 18.0 Å². The largest absolute Gasteiger partial charge is 0.381 e. The van der Waals surface area contributed by atoms with Gasteiger partial charge < -0.3 is 10.1 Å². The Morgan fingerprint density at radius 2 is 2.42 bits per heavy atom. The summed E-state index contributed by atoms with van der Waals surface area (Å²) in [5, 5.41) is 10.9. The van der Waals surface area contributed by atoms with Crippen molar-refractivity contribution in [3.05, 3.63) is 10.5 Å². The van der Waals surface area contributed by atoms with Crippen LogP contribution < -0.4 is 11.0 Å². The molecule has 1 aromatic rings. The number of nitrogens with one attached hydrogen (secondary N) is 2. The molecule has 3 rings (SSSR count). The summed E-state index contributed by atoms with van der Waals surface area (Å²) in [5.41, 5.74) is -0.0739. The number of thioether (sulfide) groups is 1. The predicted molar refractivity (Wildman–Crippen MR) is 73.6 cm³/mol. The second-order valence-corrected chi connectivity index (χ2v) is 6.23. The molecule has 2 N–H and O–H groups in total. The van der Waals surface area contributed by atoms with E-state index >= 15 is 0 Å². The Bertz CT molecular complexity index is 476. The van der Waals surface area contributed by atoms with E-state index in [-0.39, 0.29) is 5.69 Å². The number of nitrogens with zero attached hydrogens (tertiary/aromatic N) is 2. The van der Waals surface area contributed by atoms with Crippen molar-refractivity contribution in [1.29, 1.82) is 0 Å². The molecule has 1 aromatic heterocycles. The van der Waals surface area contributed by atoms with Crippen LogP contribution in [0.1, 0.15) is 25.3 Å². The fraction of sp³-hybridized carbons (Fsp3) is 0.833. The van der Waals surface area contributed by atoms with E-state index in [0.717, 1.165) is 43.4 Å². The molecule has 0 radical (unpaired) electrons. The van der Waals surface area contributed by atoms with Crippen LogP contribution in [0.3, 0.4) is 0 Å². The van der Waals surface area contributed by atoms with Crippen LogP contribution in [0.25, 0.3) is 0 Å². The van der Waals surface area contributed by atoms with Gasteiger partial charge in [0.2, 0.25) is 0 Å². The van der Waals surface area contributed by atoms with Crippen LogP contribution >= 0.6 is 11.8 Å². The van der Waals surface area contributed by atoms with Gasteiger partial charge in [0.1, 0.15) is 0 Å². The summed E-state index contributed by atoms with van der Waals surface area (Å²) < 4.78 is 7.25. The summed E-state index contributed by atoms with van der Waals surface area (Å²) in [6, 6.07) is 0.781. The summed E-state index contributed by atoms with van der Waals surface area (Å²) in [5.74, 6) is 1.49. The summed E-state index contributed by atoms with van der Waals surface area (Å²) in [6.07, 6.45) is 3.31. The third-order valence-corrected chi connectivity index (χ3v) is 4.95. The van der Waals surface area contributed by atoms with Crippen LogP contribution in [0, 0.1) is 5.92 Å². The first-order valence-electron chi connectivity index (χ1n) is 6.84. The number of H-pyrrole nitrogens is 1. The third-order valence-electron chi connectivity index (χ3n) is 3.88. The van der Waals surface area contributed by atoms with Gasteiger partial charge in [-0.25, -0.2) is 9.89 Å². The highest BCUT2D eigenvalue weighted by molar-refractivity contribution is 7.99. The van der Waals surface area contributed by atoms with Gasteiger partial charge in [-0.05, 0) is 26.3 Å². The van der Waals surface area contributed by atoms with Gasteiger partial charge in [-0.2, -0.15) is 0 Å². The summed E-state index contributed by atoms with van der Waals surface area (Å²) in [7, 11) is 1.99. The van der Waals surface area contributed by atoms with E-state index in [1.165, 1.54) is 0 Å². The molecule has 1 saturated carbocycles. The van der Waals surface area contributed by atoms with E-state index in [1.807, 2.05) is 11.6 Å². The van der Waals surface area contributed by atoms with Gasteiger partial charge in [0.15, 0.2) is 5.16 Å².